The maximum Gasteiger partial charge on any atom is 0.0806 e. The second-order valence-corrected chi connectivity index (χ2v) is 6.15. The molecular formula is C15H29NO. The summed E-state index contributed by atoms with van der Waals surface area (Å²) in [6.07, 6.45) is 10.7. The highest BCUT2D eigenvalue weighted by Gasteiger charge is 2.37. The van der Waals surface area contributed by atoms with E-state index in [1.54, 1.807) is 0 Å². The van der Waals surface area contributed by atoms with Crippen molar-refractivity contribution in [2.45, 2.75) is 76.9 Å². The highest BCUT2D eigenvalue weighted by Crippen LogP contribution is 2.37. The van der Waals surface area contributed by atoms with Crippen LogP contribution in [0.2, 0.25) is 0 Å². The molecule has 0 aromatic heterocycles. The van der Waals surface area contributed by atoms with E-state index in [1.807, 2.05) is 0 Å². The molecule has 2 rings (SSSR count). The van der Waals surface area contributed by atoms with E-state index in [1.165, 1.54) is 51.4 Å². The van der Waals surface area contributed by atoms with Gasteiger partial charge in [-0.25, -0.2) is 0 Å². The van der Waals surface area contributed by atoms with E-state index in [0.29, 0.717) is 6.04 Å². The first-order chi connectivity index (χ1) is 8.24. The lowest BCUT2D eigenvalue weighted by molar-refractivity contribution is -0.0904. The standard InChI is InChI=1S/C15H29NO/c1-3-11-16-14(9-8-13-6-7-13)15(2)10-4-5-12-17-15/h13-14,16H,3-12H2,1-2H3. The third-order valence-corrected chi connectivity index (χ3v) is 4.44. The van der Waals surface area contributed by atoms with Gasteiger partial charge in [0.05, 0.1) is 5.60 Å². The first kappa shape index (κ1) is 13.4. The van der Waals surface area contributed by atoms with Crippen molar-refractivity contribution in [3.05, 3.63) is 0 Å². The van der Waals surface area contributed by atoms with Gasteiger partial charge in [0.25, 0.3) is 0 Å². The summed E-state index contributed by atoms with van der Waals surface area (Å²) in [5, 5.41) is 3.74. The molecular weight excluding hydrogens is 210 g/mol. The van der Waals surface area contributed by atoms with Gasteiger partial charge in [0.2, 0.25) is 0 Å². The average molecular weight is 239 g/mol. The van der Waals surface area contributed by atoms with E-state index in [2.05, 4.69) is 19.2 Å². The van der Waals surface area contributed by atoms with E-state index in [9.17, 15) is 0 Å². The Morgan fingerprint density at radius 1 is 1.35 bits per heavy atom. The van der Waals surface area contributed by atoms with E-state index in [-0.39, 0.29) is 5.60 Å². The molecule has 17 heavy (non-hydrogen) atoms. The molecule has 0 radical (unpaired) electrons. The molecule has 1 saturated heterocycles. The first-order valence-corrected chi connectivity index (χ1v) is 7.62. The summed E-state index contributed by atoms with van der Waals surface area (Å²) in [5.74, 6) is 1.04. The zero-order chi connectivity index (χ0) is 12.1. The van der Waals surface area contributed by atoms with Crippen molar-refractivity contribution in [2.75, 3.05) is 13.2 Å². The molecule has 2 aliphatic rings. The van der Waals surface area contributed by atoms with Crippen LogP contribution in [0.15, 0.2) is 0 Å². The van der Waals surface area contributed by atoms with Crippen molar-refractivity contribution in [1.29, 1.82) is 0 Å². The predicted molar refractivity (Wildman–Crippen MR) is 72.2 cm³/mol. The molecule has 1 aliphatic heterocycles. The molecule has 2 heteroatoms. The highest BCUT2D eigenvalue weighted by molar-refractivity contribution is 4.92. The highest BCUT2D eigenvalue weighted by atomic mass is 16.5. The molecule has 0 amide bonds. The van der Waals surface area contributed by atoms with Crippen LogP contribution < -0.4 is 5.32 Å². The van der Waals surface area contributed by atoms with E-state index < -0.39 is 0 Å². The Bertz CT molecular complexity index is 219. The fraction of sp³-hybridized carbons (Fsp3) is 1.00. The van der Waals surface area contributed by atoms with Crippen molar-refractivity contribution >= 4 is 0 Å². The van der Waals surface area contributed by atoms with Crippen LogP contribution in [0.25, 0.3) is 0 Å². The van der Waals surface area contributed by atoms with Crippen molar-refractivity contribution in [2.24, 2.45) is 5.92 Å². The van der Waals surface area contributed by atoms with Gasteiger partial charge in [-0.1, -0.05) is 19.8 Å². The predicted octanol–water partition coefficient (Wildman–Crippen LogP) is 3.50. The lowest BCUT2D eigenvalue weighted by Gasteiger charge is -2.41. The SMILES string of the molecule is CCCNC(CCC1CC1)C1(C)CCCCO1. The Morgan fingerprint density at radius 3 is 2.76 bits per heavy atom. The summed E-state index contributed by atoms with van der Waals surface area (Å²) >= 11 is 0. The molecule has 1 aliphatic carbocycles. The van der Waals surface area contributed by atoms with Gasteiger partial charge in [-0.05, 0) is 57.9 Å². The van der Waals surface area contributed by atoms with Crippen LogP contribution in [0.5, 0.6) is 0 Å². The normalized spacial score (nSPS) is 31.4. The lowest BCUT2D eigenvalue weighted by atomic mass is 9.85. The van der Waals surface area contributed by atoms with Crippen molar-refractivity contribution in [3.63, 3.8) is 0 Å². The van der Waals surface area contributed by atoms with Gasteiger partial charge in [0.15, 0.2) is 0 Å². The smallest absolute Gasteiger partial charge is 0.0806 e. The topological polar surface area (TPSA) is 21.3 Å². The number of ether oxygens (including phenoxy) is 1. The van der Waals surface area contributed by atoms with E-state index >= 15 is 0 Å². The van der Waals surface area contributed by atoms with Crippen molar-refractivity contribution < 1.29 is 4.74 Å². The quantitative estimate of drug-likeness (QED) is 0.734. The van der Waals surface area contributed by atoms with Crippen molar-refractivity contribution in [3.8, 4) is 0 Å². The molecule has 1 saturated carbocycles. The summed E-state index contributed by atoms with van der Waals surface area (Å²) in [7, 11) is 0. The van der Waals surface area contributed by atoms with Crippen LogP contribution >= 0.6 is 0 Å². The minimum atomic E-state index is 0.0995. The fourth-order valence-electron chi connectivity index (χ4n) is 2.98. The van der Waals surface area contributed by atoms with Crippen LogP contribution in [0, 0.1) is 5.92 Å². The number of rotatable bonds is 7. The Kier molecular flexibility index (Phi) is 4.87. The molecule has 0 aromatic rings. The fourth-order valence-corrected chi connectivity index (χ4v) is 2.98. The molecule has 1 heterocycles. The third kappa shape index (κ3) is 3.96. The summed E-state index contributed by atoms with van der Waals surface area (Å²) in [6, 6.07) is 0.573. The third-order valence-electron chi connectivity index (χ3n) is 4.44. The molecule has 0 aromatic carbocycles. The first-order valence-electron chi connectivity index (χ1n) is 7.62. The second-order valence-electron chi connectivity index (χ2n) is 6.15. The Morgan fingerprint density at radius 2 is 2.18 bits per heavy atom. The molecule has 2 atom stereocenters. The van der Waals surface area contributed by atoms with Gasteiger partial charge in [0.1, 0.15) is 0 Å². The van der Waals surface area contributed by atoms with Crippen LogP contribution in [-0.4, -0.2) is 24.8 Å². The Hall–Kier alpha value is -0.0800. The largest absolute Gasteiger partial charge is 0.374 e. The molecule has 0 bridgehead atoms. The van der Waals surface area contributed by atoms with Crippen LogP contribution in [0.3, 0.4) is 0 Å². The monoisotopic (exact) mass is 239 g/mol. The van der Waals surface area contributed by atoms with Gasteiger partial charge >= 0.3 is 0 Å². The number of hydrogen-bond acceptors (Lipinski definition) is 2. The summed E-state index contributed by atoms with van der Waals surface area (Å²) < 4.78 is 6.11. The zero-order valence-electron chi connectivity index (χ0n) is 11.6. The van der Waals surface area contributed by atoms with E-state index in [0.717, 1.165) is 19.1 Å². The number of nitrogens with one attached hydrogen (secondary N) is 1. The van der Waals surface area contributed by atoms with Gasteiger partial charge in [-0.3, -0.25) is 0 Å². The Labute approximate surface area is 107 Å². The van der Waals surface area contributed by atoms with Crippen molar-refractivity contribution in [1.82, 2.24) is 5.32 Å². The zero-order valence-corrected chi connectivity index (χ0v) is 11.6. The van der Waals surface area contributed by atoms with Gasteiger partial charge in [0, 0.05) is 12.6 Å². The maximum absolute atomic E-state index is 6.11. The van der Waals surface area contributed by atoms with Gasteiger partial charge in [-0.15, -0.1) is 0 Å². The van der Waals surface area contributed by atoms with Crippen LogP contribution in [0.1, 0.15) is 65.2 Å². The maximum atomic E-state index is 6.11. The summed E-state index contributed by atoms with van der Waals surface area (Å²) in [4.78, 5) is 0. The second kappa shape index (κ2) is 6.19. The minimum absolute atomic E-state index is 0.0995. The number of hydrogen-bond donors (Lipinski definition) is 1. The lowest BCUT2D eigenvalue weighted by Crippen LogP contribution is -2.52. The van der Waals surface area contributed by atoms with Gasteiger partial charge < -0.3 is 10.1 Å². The molecule has 2 unspecified atom stereocenters. The minimum Gasteiger partial charge on any atom is -0.374 e. The van der Waals surface area contributed by atoms with Gasteiger partial charge in [-0.2, -0.15) is 0 Å². The summed E-state index contributed by atoms with van der Waals surface area (Å²) in [5.41, 5.74) is 0.0995. The molecule has 2 fully saturated rings. The molecule has 1 N–H and O–H groups in total. The summed E-state index contributed by atoms with van der Waals surface area (Å²) in [6.45, 7) is 6.67. The van der Waals surface area contributed by atoms with Crippen LogP contribution in [-0.2, 0) is 4.74 Å². The Balaban J connectivity index is 1.86. The molecule has 2 nitrogen and oxygen atoms in total. The molecule has 0 spiro atoms. The molecule has 100 valence electrons. The van der Waals surface area contributed by atoms with Crippen LogP contribution in [0.4, 0.5) is 0 Å². The van der Waals surface area contributed by atoms with E-state index in [4.69, 9.17) is 4.74 Å². The average Bonchev–Trinajstić information content (AvgIpc) is 3.14.